The van der Waals surface area contributed by atoms with Crippen molar-refractivity contribution in [1.82, 2.24) is 5.32 Å². The predicted molar refractivity (Wildman–Crippen MR) is 55.2 cm³/mol. The van der Waals surface area contributed by atoms with Gasteiger partial charge in [-0.25, -0.2) is 0 Å². The van der Waals surface area contributed by atoms with Crippen LogP contribution in [0.1, 0.15) is 19.3 Å². The fourth-order valence-corrected chi connectivity index (χ4v) is 1.79. The molecule has 0 radical (unpaired) electrons. The second-order valence-corrected chi connectivity index (χ2v) is 4.22. The fourth-order valence-electron chi connectivity index (χ4n) is 1.79. The Labute approximate surface area is 97.7 Å². The van der Waals surface area contributed by atoms with Gasteiger partial charge in [0.15, 0.2) is 0 Å². The standard InChI is InChI=1S/C10H17F3N2O2/c11-10(12,13)1-4-15-8(16)9(7-14)2-5-17-6-3-9/h1-7,14H2,(H,15,16). The molecule has 100 valence electrons. The largest absolute Gasteiger partial charge is 0.390 e. The zero-order valence-electron chi connectivity index (χ0n) is 9.48. The van der Waals surface area contributed by atoms with Gasteiger partial charge in [0.05, 0.1) is 11.8 Å². The van der Waals surface area contributed by atoms with E-state index in [0.717, 1.165) is 0 Å². The second-order valence-electron chi connectivity index (χ2n) is 4.22. The average Bonchev–Trinajstić information content (AvgIpc) is 2.28. The summed E-state index contributed by atoms with van der Waals surface area (Å²) < 4.78 is 40.9. The zero-order chi connectivity index (χ0) is 12.9. The number of carbonyl (C=O) groups is 1. The molecule has 1 fully saturated rings. The van der Waals surface area contributed by atoms with Crippen LogP contribution in [0, 0.1) is 5.41 Å². The molecule has 7 heteroatoms. The zero-order valence-corrected chi connectivity index (χ0v) is 9.48. The van der Waals surface area contributed by atoms with Crippen molar-refractivity contribution >= 4 is 5.91 Å². The Hall–Kier alpha value is -0.820. The highest BCUT2D eigenvalue weighted by atomic mass is 19.4. The third-order valence-electron chi connectivity index (χ3n) is 3.02. The van der Waals surface area contributed by atoms with Crippen LogP contribution >= 0.6 is 0 Å². The number of ether oxygens (including phenoxy) is 1. The Balaban J connectivity index is 2.44. The Morgan fingerprint density at radius 2 is 1.94 bits per heavy atom. The topological polar surface area (TPSA) is 64.4 Å². The lowest BCUT2D eigenvalue weighted by Gasteiger charge is -2.34. The fraction of sp³-hybridized carbons (Fsp3) is 0.900. The number of nitrogens with two attached hydrogens (primary N) is 1. The van der Waals surface area contributed by atoms with Gasteiger partial charge in [-0.3, -0.25) is 4.79 Å². The molecule has 0 aromatic carbocycles. The van der Waals surface area contributed by atoms with Crippen molar-refractivity contribution in [2.45, 2.75) is 25.4 Å². The summed E-state index contributed by atoms with van der Waals surface area (Å²) in [7, 11) is 0. The van der Waals surface area contributed by atoms with Gasteiger partial charge in [-0.2, -0.15) is 13.2 Å². The van der Waals surface area contributed by atoms with E-state index >= 15 is 0 Å². The highest BCUT2D eigenvalue weighted by Gasteiger charge is 2.39. The lowest BCUT2D eigenvalue weighted by Crippen LogP contribution is -2.49. The Bertz CT molecular complexity index is 263. The van der Waals surface area contributed by atoms with Gasteiger partial charge in [-0.05, 0) is 12.8 Å². The maximum atomic E-state index is 11.9. The van der Waals surface area contributed by atoms with Crippen LogP contribution in [-0.2, 0) is 9.53 Å². The summed E-state index contributed by atoms with van der Waals surface area (Å²) in [6, 6.07) is 0. The molecule has 0 aromatic rings. The van der Waals surface area contributed by atoms with Gasteiger partial charge < -0.3 is 15.8 Å². The summed E-state index contributed by atoms with van der Waals surface area (Å²) in [5.74, 6) is -0.396. The molecule has 0 saturated carbocycles. The van der Waals surface area contributed by atoms with Gasteiger partial charge in [0.25, 0.3) is 0 Å². The van der Waals surface area contributed by atoms with Crippen molar-refractivity contribution in [3.63, 3.8) is 0 Å². The molecular formula is C10H17F3N2O2. The molecule has 17 heavy (non-hydrogen) atoms. The summed E-state index contributed by atoms with van der Waals surface area (Å²) in [5.41, 5.74) is 4.80. The lowest BCUT2D eigenvalue weighted by atomic mass is 9.79. The number of carbonyl (C=O) groups excluding carboxylic acids is 1. The Kier molecular flexibility index (Phi) is 4.76. The van der Waals surface area contributed by atoms with Gasteiger partial charge in [-0.15, -0.1) is 0 Å². The van der Waals surface area contributed by atoms with E-state index in [1.54, 1.807) is 0 Å². The van der Waals surface area contributed by atoms with Crippen LogP contribution in [0.2, 0.25) is 0 Å². The van der Waals surface area contributed by atoms with Crippen LogP contribution in [0.15, 0.2) is 0 Å². The minimum Gasteiger partial charge on any atom is -0.381 e. The van der Waals surface area contributed by atoms with Crippen LogP contribution in [0.25, 0.3) is 0 Å². The second kappa shape index (κ2) is 5.68. The maximum Gasteiger partial charge on any atom is 0.390 e. The van der Waals surface area contributed by atoms with Gasteiger partial charge in [0, 0.05) is 26.3 Å². The molecule has 0 aromatic heterocycles. The molecular weight excluding hydrogens is 237 g/mol. The summed E-state index contributed by atoms with van der Waals surface area (Å²) in [4.78, 5) is 11.8. The molecule has 1 rings (SSSR count). The van der Waals surface area contributed by atoms with Crippen LogP contribution < -0.4 is 11.1 Å². The van der Waals surface area contributed by atoms with Crippen molar-refractivity contribution in [2.75, 3.05) is 26.3 Å². The molecule has 1 aliphatic rings. The minimum atomic E-state index is -4.25. The van der Waals surface area contributed by atoms with Crippen molar-refractivity contribution < 1.29 is 22.7 Å². The Morgan fingerprint density at radius 3 is 2.41 bits per heavy atom. The summed E-state index contributed by atoms with van der Waals surface area (Å²) >= 11 is 0. The number of rotatable bonds is 4. The van der Waals surface area contributed by atoms with Gasteiger partial charge in [-0.1, -0.05) is 0 Å². The summed E-state index contributed by atoms with van der Waals surface area (Å²) in [6.45, 7) is 0.576. The molecule has 1 saturated heterocycles. The number of hydrogen-bond donors (Lipinski definition) is 2. The number of amides is 1. The number of halogens is 3. The van der Waals surface area contributed by atoms with Crippen molar-refractivity contribution in [3.05, 3.63) is 0 Å². The van der Waals surface area contributed by atoms with Crippen molar-refractivity contribution in [2.24, 2.45) is 11.1 Å². The first-order valence-corrected chi connectivity index (χ1v) is 5.52. The average molecular weight is 254 g/mol. The van der Waals surface area contributed by atoms with E-state index in [1.165, 1.54) is 0 Å². The molecule has 0 unspecified atom stereocenters. The maximum absolute atomic E-state index is 11.9. The van der Waals surface area contributed by atoms with E-state index in [-0.39, 0.29) is 6.54 Å². The van der Waals surface area contributed by atoms with Crippen LogP contribution in [-0.4, -0.2) is 38.4 Å². The molecule has 1 heterocycles. The van der Waals surface area contributed by atoms with Crippen molar-refractivity contribution in [1.29, 1.82) is 0 Å². The van der Waals surface area contributed by atoms with E-state index in [4.69, 9.17) is 10.5 Å². The lowest BCUT2D eigenvalue weighted by molar-refractivity contribution is -0.141. The molecule has 0 spiro atoms. The van der Waals surface area contributed by atoms with E-state index < -0.39 is 30.5 Å². The molecule has 4 nitrogen and oxygen atoms in total. The molecule has 0 aliphatic carbocycles. The van der Waals surface area contributed by atoms with Gasteiger partial charge >= 0.3 is 6.18 Å². The van der Waals surface area contributed by atoms with Crippen LogP contribution in [0.3, 0.4) is 0 Å². The number of hydrogen-bond acceptors (Lipinski definition) is 3. The summed E-state index contributed by atoms with van der Waals surface area (Å²) in [5, 5.41) is 2.31. The third-order valence-corrected chi connectivity index (χ3v) is 3.02. The molecule has 1 amide bonds. The Morgan fingerprint density at radius 1 is 1.35 bits per heavy atom. The van der Waals surface area contributed by atoms with E-state index in [2.05, 4.69) is 5.32 Å². The first kappa shape index (κ1) is 14.2. The third kappa shape index (κ3) is 4.16. The van der Waals surface area contributed by atoms with E-state index in [0.29, 0.717) is 26.1 Å². The highest BCUT2D eigenvalue weighted by molar-refractivity contribution is 5.83. The monoisotopic (exact) mass is 254 g/mol. The first-order valence-electron chi connectivity index (χ1n) is 5.52. The molecule has 1 aliphatic heterocycles. The smallest absolute Gasteiger partial charge is 0.381 e. The van der Waals surface area contributed by atoms with E-state index in [1.807, 2.05) is 0 Å². The van der Waals surface area contributed by atoms with Crippen LogP contribution in [0.4, 0.5) is 13.2 Å². The SMILES string of the molecule is NCC1(C(=O)NCCC(F)(F)F)CCOCC1. The minimum absolute atomic E-state index is 0.133. The predicted octanol–water partition coefficient (Wildman–Crippen LogP) is 0.810. The molecule has 0 atom stereocenters. The number of alkyl halides is 3. The van der Waals surface area contributed by atoms with Crippen LogP contribution in [0.5, 0.6) is 0 Å². The van der Waals surface area contributed by atoms with Gasteiger partial charge in [0.1, 0.15) is 0 Å². The van der Waals surface area contributed by atoms with Crippen molar-refractivity contribution in [3.8, 4) is 0 Å². The summed E-state index contributed by atoms with van der Waals surface area (Å²) in [6.07, 6.45) is -4.35. The molecule has 3 N–H and O–H groups in total. The highest BCUT2D eigenvalue weighted by Crippen LogP contribution is 2.29. The number of nitrogens with one attached hydrogen (secondary N) is 1. The van der Waals surface area contributed by atoms with E-state index in [9.17, 15) is 18.0 Å². The normalized spacial score (nSPS) is 20.0. The quantitative estimate of drug-likeness (QED) is 0.780. The van der Waals surface area contributed by atoms with Gasteiger partial charge in [0.2, 0.25) is 5.91 Å². The molecule has 0 bridgehead atoms. The first-order chi connectivity index (χ1) is 7.90.